The number of carboxylic acids is 1. The summed E-state index contributed by atoms with van der Waals surface area (Å²) in [6.45, 7) is 2.67. The summed E-state index contributed by atoms with van der Waals surface area (Å²) < 4.78 is 26.4. The molecule has 1 unspecified atom stereocenters. The van der Waals surface area contributed by atoms with Gasteiger partial charge in [-0.2, -0.15) is 0 Å². The first-order valence-corrected chi connectivity index (χ1v) is 7.11. The number of amides is 1. The number of carbonyl (C=O) groups is 2. The maximum absolute atomic E-state index is 13.5. The number of aliphatic carboxylic acids is 1. The molecule has 0 aliphatic carbocycles. The third-order valence-corrected chi connectivity index (χ3v) is 3.99. The van der Waals surface area contributed by atoms with Crippen molar-refractivity contribution >= 4 is 17.6 Å². The van der Waals surface area contributed by atoms with Gasteiger partial charge in [-0.3, -0.25) is 14.5 Å². The third kappa shape index (κ3) is 3.79. The maximum Gasteiger partial charge on any atom is 0.306 e. The Balaban J connectivity index is 1.94. The maximum atomic E-state index is 13.5. The van der Waals surface area contributed by atoms with Crippen LogP contribution in [0.3, 0.4) is 0 Å². The number of carboxylic acid groups (broad SMARTS) is 1. The largest absolute Gasteiger partial charge is 0.481 e. The van der Waals surface area contributed by atoms with Crippen LogP contribution in [0.15, 0.2) is 18.2 Å². The fourth-order valence-electron chi connectivity index (χ4n) is 2.53. The lowest BCUT2D eigenvalue weighted by Gasteiger charge is -2.33. The van der Waals surface area contributed by atoms with Gasteiger partial charge in [-0.05, 0) is 45.0 Å². The smallest absolute Gasteiger partial charge is 0.306 e. The molecular weight excluding hydrogens is 294 g/mol. The molecule has 5 nitrogen and oxygen atoms in total. The normalized spacial score (nSPS) is 18.0. The first-order valence-electron chi connectivity index (χ1n) is 7.11. The Labute approximate surface area is 126 Å². The monoisotopic (exact) mass is 312 g/mol. The Hall–Kier alpha value is -2.02. The van der Waals surface area contributed by atoms with E-state index in [1.54, 1.807) is 6.92 Å². The van der Waals surface area contributed by atoms with Crippen LogP contribution in [-0.4, -0.2) is 41.0 Å². The van der Waals surface area contributed by atoms with Crippen LogP contribution >= 0.6 is 0 Å². The van der Waals surface area contributed by atoms with Crippen LogP contribution in [0, 0.1) is 17.6 Å². The lowest BCUT2D eigenvalue weighted by atomic mass is 9.96. The van der Waals surface area contributed by atoms with E-state index in [0.29, 0.717) is 32.0 Å². The molecule has 1 aliphatic heterocycles. The highest BCUT2D eigenvalue weighted by atomic mass is 19.1. The van der Waals surface area contributed by atoms with Crippen LogP contribution in [0.2, 0.25) is 0 Å². The molecule has 0 bridgehead atoms. The predicted molar refractivity (Wildman–Crippen MR) is 76.4 cm³/mol. The van der Waals surface area contributed by atoms with Crippen molar-refractivity contribution in [2.75, 3.05) is 18.4 Å². The molecule has 2 N–H and O–H groups in total. The van der Waals surface area contributed by atoms with Crippen LogP contribution in [0.25, 0.3) is 0 Å². The number of likely N-dealkylation sites (tertiary alicyclic amines) is 1. The molecule has 0 radical (unpaired) electrons. The molecule has 0 saturated carbocycles. The van der Waals surface area contributed by atoms with E-state index in [0.717, 1.165) is 6.07 Å². The number of hydrogen-bond donors (Lipinski definition) is 2. The van der Waals surface area contributed by atoms with Gasteiger partial charge in [0.1, 0.15) is 11.6 Å². The van der Waals surface area contributed by atoms with E-state index in [4.69, 9.17) is 5.11 Å². The van der Waals surface area contributed by atoms with Gasteiger partial charge in [0.2, 0.25) is 5.91 Å². The van der Waals surface area contributed by atoms with Crippen molar-refractivity contribution in [1.29, 1.82) is 0 Å². The van der Waals surface area contributed by atoms with E-state index < -0.39 is 29.6 Å². The third-order valence-electron chi connectivity index (χ3n) is 3.99. The van der Waals surface area contributed by atoms with E-state index in [2.05, 4.69) is 5.32 Å². The zero-order valence-corrected chi connectivity index (χ0v) is 12.2. The van der Waals surface area contributed by atoms with Crippen molar-refractivity contribution in [2.45, 2.75) is 25.8 Å². The van der Waals surface area contributed by atoms with Gasteiger partial charge in [0.15, 0.2) is 0 Å². The van der Waals surface area contributed by atoms with Gasteiger partial charge in [-0.1, -0.05) is 0 Å². The zero-order chi connectivity index (χ0) is 16.3. The molecule has 0 aromatic heterocycles. The van der Waals surface area contributed by atoms with Gasteiger partial charge >= 0.3 is 5.97 Å². The van der Waals surface area contributed by atoms with Crippen molar-refractivity contribution in [2.24, 2.45) is 5.92 Å². The number of anilines is 1. The Morgan fingerprint density at radius 2 is 1.95 bits per heavy atom. The quantitative estimate of drug-likeness (QED) is 0.893. The number of nitrogens with one attached hydrogen (secondary N) is 1. The molecule has 2 rings (SSSR count). The molecule has 22 heavy (non-hydrogen) atoms. The van der Waals surface area contributed by atoms with Gasteiger partial charge in [-0.25, -0.2) is 8.78 Å². The van der Waals surface area contributed by atoms with Crippen molar-refractivity contribution < 1.29 is 23.5 Å². The average Bonchev–Trinajstić information content (AvgIpc) is 2.49. The molecule has 1 saturated heterocycles. The van der Waals surface area contributed by atoms with Crippen molar-refractivity contribution in [3.8, 4) is 0 Å². The number of hydrogen-bond acceptors (Lipinski definition) is 3. The molecular formula is C15H18F2N2O3. The van der Waals surface area contributed by atoms with Crippen LogP contribution in [0.1, 0.15) is 19.8 Å². The number of rotatable bonds is 4. The van der Waals surface area contributed by atoms with Gasteiger partial charge in [-0.15, -0.1) is 0 Å². The summed E-state index contributed by atoms with van der Waals surface area (Å²) in [5.41, 5.74) is -0.0707. The molecule has 1 amide bonds. The van der Waals surface area contributed by atoms with Crippen molar-refractivity contribution in [3.05, 3.63) is 29.8 Å². The van der Waals surface area contributed by atoms with Gasteiger partial charge in [0, 0.05) is 6.07 Å². The molecule has 0 spiro atoms. The highest BCUT2D eigenvalue weighted by Gasteiger charge is 2.29. The minimum Gasteiger partial charge on any atom is -0.481 e. The lowest BCUT2D eigenvalue weighted by Crippen LogP contribution is -2.47. The summed E-state index contributed by atoms with van der Waals surface area (Å²) in [7, 11) is 0. The van der Waals surface area contributed by atoms with Crippen molar-refractivity contribution in [3.63, 3.8) is 0 Å². The minimum absolute atomic E-state index is 0.0707. The van der Waals surface area contributed by atoms with Crippen LogP contribution in [0.5, 0.6) is 0 Å². The predicted octanol–water partition coefficient (Wildman–Crippen LogP) is 2.09. The van der Waals surface area contributed by atoms with Crippen molar-refractivity contribution in [1.82, 2.24) is 4.90 Å². The average molecular weight is 312 g/mol. The highest BCUT2D eigenvalue weighted by molar-refractivity contribution is 5.94. The van der Waals surface area contributed by atoms with E-state index in [9.17, 15) is 18.4 Å². The summed E-state index contributed by atoms with van der Waals surface area (Å²) in [6.07, 6.45) is 0.968. The highest BCUT2D eigenvalue weighted by Crippen LogP contribution is 2.20. The number of nitrogens with zero attached hydrogens (tertiary/aromatic N) is 1. The second kappa shape index (κ2) is 6.83. The summed E-state index contributed by atoms with van der Waals surface area (Å²) in [5.74, 6) is -3.13. The first-order chi connectivity index (χ1) is 10.4. The Morgan fingerprint density at radius 1 is 1.32 bits per heavy atom. The second-order valence-corrected chi connectivity index (χ2v) is 5.44. The fraction of sp³-hybridized carbons (Fsp3) is 0.467. The van der Waals surface area contributed by atoms with Gasteiger partial charge < -0.3 is 10.4 Å². The molecule has 1 atom stereocenters. The molecule has 1 aliphatic rings. The lowest BCUT2D eigenvalue weighted by molar-refractivity contribution is -0.143. The van der Waals surface area contributed by atoms with E-state index in [1.165, 1.54) is 6.07 Å². The first kappa shape index (κ1) is 16.4. The Bertz CT molecular complexity index is 572. The van der Waals surface area contributed by atoms with E-state index in [-0.39, 0.29) is 11.6 Å². The van der Waals surface area contributed by atoms with E-state index >= 15 is 0 Å². The minimum atomic E-state index is -0.829. The Kier molecular flexibility index (Phi) is 5.07. The van der Waals surface area contributed by atoms with Gasteiger partial charge in [0.25, 0.3) is 0 Å². The fourth-order valence-corrected chi connectivity index (χ4v) is 2.53. The van der Waals surface area contributed by atoms with Gasteiger partial charge in [0.05, 0.1) is 17.6 Å². The number of halogens is 2. The second-order valence-electron chi connectivity index (χ2n) is 5.44. The molecule has 1 aromatic rings. The van der Waals surface area contributed by atoms with E-state index in [1.807, 2.05) is 4.90 Å². The summed E-state index contributed by atoms with van der Waals surface area (Å²) in [4.78, 5) is 24.9. The van der Waals surface area contributed by atoms with Crippen LogP contribution in [0.4, 0.5) is 14.5 Å². The number of benzene rings is 1. The number of carbonyl (C=O) groups excluding carboxylic acids is 1. The zero-order valence-electron chi connectivity index (χ0n) is 12.2. The molecule has 1 fully saturated rings. The summed E-state index contributed by atoms with van der Waals surface area (Å²) in [6, 6.07) is 2.44. The molecule has 7 heteroatoms. The molecule has 1 aromatic carbocycles. The topological polar surface area (TPSA) is 69.6 Å². The summed E-state index contributed by atoms with van der Waals surface area (Å²) >= 11 is 0. The SMILES string of the molecule is CC(C(=O)Nc1ccc(F)cc1F)N1CCC(C(=O)O)CC1. The number of piperidine rings is 1. The van der Waals surface area contributed by atoms with Crippen LogP contribution in [-0.2, 0) is 9.59 Å². The molecule has 120 valence electrons. The summed E-state index contributed by atoms with van der Waals surface area (Å²) in [5, 5.41) is 11.4. The standard InChI is InChI=1S/C15H18F2N2O3/c1-9(19-6-4-10(5-7-19)15(21)22)14(20)18-13-3-2-11(16)8-12(13)17/h2-3,8-10H,4-7H2,1H3,(H,18,20)(H,21,22). The van der Waals surface area contributed by atoms with Crippen LogP contribution < -0.4 is 5.32 Å². The Morgan fingerprint density at radius 3 is 2.50 bits per heavy atom. The molecule has 1 heterocycles.